The Morgan fingerprint density at radius 3 is 2.72 bits per heavy atom. The number of ether oxygens (including phenoxy) is 1. The zero-order valence-corrected chi connectivity index (χ0v) is 10.7. The topological polar surface area (TPSA) is 26.3 Å². The highest BCUT2D eigenvalue weighted by atomic mass is 16.5. The van der Waals surface area contributed by atoms with Crippen LogP contribution in [0.15, 0.2) is 24.3 Å². The highest BCUT2D eigenvalue weighted by molar-refractivity contribution is 5.98. The molecule has 1 unspecified atom stereocenters. The molecule has 1 aromatic rings. The summed E-state index contributed by atoms with van der Waals surface area (Å²) in [4.78, 5) is 12.4. The molecular formula is C16H20O2. The van der Waals surface area contributed by atoms with E-state index in [-0.39, 0.29) is 11.7 Å². The highest BCUT2D eigenvalue weighted by Crippen LogP contribution is 2.36. The molecule has 2 fully saturated rings. The van der Waals surface area contributed by atoms with Gasteiger partial charge in [-0.1, -0.05) is 24.6 Å². The van der Waals surface area contributed by atoms with Crippen molar-refractivity contribution in [3.05, 3.63) is 35.4 Å². The summed E-state index contributed by atoms with van der Waals surface area (Å²) in [5.74, 6) is 1.05. The monoisotopic (exact) mass is 244 g/mol. The van der Waals surface area contributed by atoms with Crippen LogP contribution in [0.2, 0.25) is 0 Å². The standard InChI is InChI=1S/C16H20O2/c17-16(15-8-3-9-18-11-15)14-7-2-6-13(10-14)12-4-1-5-12/h2,6-7,10,12,15H,1,3-5,8-9,11H2. The Kier molecular flexibility index (Phi) is 3.46. The lowest BCUT2D eigenvalue weighted by molar-refractivity contribution is 0.0461. The quantitative estimate of drug-likeness (QED) is 0.760. The van der Waals surface area contributed by atoms with Crippen LogP contribution in [0.1, 0.15) is 53.9 Å². The second-order valence-corrected chi connectivity index (χ2v) is 5.53. The third-order valence-electron chi connectivity index (χ3n) is 4.28. The molecule has 1 saturated carbocycles. The first-order valence-electron chi connectivity index (χ1n) is 7.06. The van der Waals surface area contributed by atoms with Gasteiger partial charge in [-0.05, 0) is 43.2 Å². The number of Topliss-reactive ketones (excluding diaryl/α,β-unsaturated/α-hetero) is 1. The highest BCUT2D eigenvalue weighted by Gasteiger charge is 2.24. The summed E-state index contributed by atoms with van der Waals surface area (Å²) in [6.45, 7) is 1.42. The summed E-state index contributed by atoms with van der Waals surface area (Å²) >= 11 is 0. The fourth-order valence-corrected chi connectivity index (χ4v) is 2.87. The van der Waals surface area contributed by atoms with Crippen molar-refractivity contribution >= 4 is 5.78 Å². The maximum Gasteiger partial charge on any atom is 0.168 e. The molecule has 0 amide bonds. The van der Waals surface area contributed by atoms with Crippen molar-refractivity contribution in [2.75, 3.05) is 13.2 Å². The molecule has 0 spiro atoms. The molecule has 96 valence electrons. The van der Waals surface area contributed by atoms with Gasteiger partial charge in [0, 0.05) is 18.1 Å². The van der Waals surface area contributed by atoms with Crippen molar-refractivity contribution < 1.29 is 9.53 Å². The van der Waals surface area contributed by atoms with Crippen molar-refractivity contribution in [2.45, 2.75) is 38.0 Å². The predicted molar refractivity (Wildman–Crippen MR) is 70.9 cm³/mol. The molecule has 0 radical (unpaired) electrons. The van der Waals surface area contributed by atoms with Gasteiger partial charge in [0.25, 0.3) is 0 Å². The molecule has 1 aromatic carbocycles. The largest absolute Gasteiger partial charge is 0.381 e. The summed E-state index contributed by atoms with van der Waals surface area (Å²) in [6.07, 6.45) is 5.89. The number of rotatable bonds is 3. The lowest BCUT2D eigenvalue weighted by Gasteiger charge is -2.26. The molecule has 1 heterocycles. The molecule has 1 aliphatic heterocycles. The van der Waals surface area contributed by atoms with Gasteiger partial charge in [0.05, 0.1) is 6.61 Å². The van der Waals surface area contributed by atoms with E-state index in [1.54, 1.807) is 0 Å². The summed E-state index contributed by atoms with van der Waals surface area (Å²) in [6, 6.07) is 8.27. The van der Waals surface area contributed by atoms with Crippen LogP contribution in [0.25, 0.3) is 0 Å². The number of carbonyl (C=O) groups excluding carboxylic acids is 1. The molecule has 2 aliphatic rings. The van der Waals surface area contributed by atoms with Crippen LogP contribution in [-0.2, 0) is 4.74 Å². The van der Waals surface area contributed by atoms with Crippen molar-refractivity contribution in [1.29, 1.82) is 0 Å². The van der Waals surface area contributed by atoms with E-state index in [1.165, 1.54) is 24.8 Å². The zero-order chi connectivity index (χ0) is 12.4. The maximum absolute atomic E-state index is 12.4. The van der Waals surface area contributed by atoms with E-state index < -0.39 is 0 Å². The molecule has 2 nitrogen and oxygen atoms in total. The minimum atomic E-state index is 0.0791. The number of benzene rings is 1. The predicted octanol–water partition coefficient (Wildman–Crippen LogP) is 3.56. The normalized spacial score (nSPS) is 24.6. The van der Waals surface area contributed by atoms with Gasteiger partial charge in [0.15, 0.2) is 5.78 Å². The number of carbonyl (C=O) groups is 1. The van der Waals surface area contributed by atoms with Crippen LogP contribution < -0.4 is 0 Å². The minimum absolute atomic E-state index is 0.0791. The van der Waals surface area contributed by atoms with E-state index in [9.17, 15) is 4.79 Å². The van der Waals surface area contributed by atoms with E-state index in [0.29, 0.717) is 12.5 Å². The number of hydrogen-bond acceptors (Lipinski definition) is 2. The zero-order valence-electron chi connectivity index (χ0n) is 10.7. The molecule has 0 aromatic heterocycles. The van der Waals surface area contributed by atoms with Crippen LogP contribution in [0.4, 0.5) is 0 Å². The number of ketones is 1. The van der Waals surface area contributed by atoms with Crippen LogP contribution in [0.3, 0.4) is 0 Å². The van der Waals surface area contributed by atoms with Gasteiger partial charge in [-0.15, -0.1) is 0 Å². The fourth-order valence-electron chi connectivity index (χ4n) is 2.87. The summed E-state index contributed by atoms with van der Waals surface area (Å²) in [5.41, 5.74) is 2.23. The average molecular weight is 244 g/mol. The Labute approximate surface area is 108 Å². The van der Waals surface area contributed by atoms with Gasteiger partial charge in [0.2, 0.25) is 0 Å². The molecule has 1 aliphatic carbocycles. The van der Waals surface area contributed by atoms with Crippen molar-refractivity contribution in [2.24, 2.45) is 5.92 Å². The second kappa shape index (κ2) is 5.23. The van der Waals surface area contributed by atoms with E-state index in [0.717, 1.165) is 25.0 Å². The third-order valence-corrected chi connectivity index (χ3v) is 4.28. The van der Waals surface area contributed by atoms with Gasteiger partial charge in [-0.25, -0.2) is 0 Å². The first-order valence-corrected chi connectivity index (χ1v) is 7.06. The Bertz CT molecular complexity index is 428. The van der Waals surface area contributed by atoms with Crippen molar-refractivity contribution in [3.8, 4) is 0 Å². The van der Waals surface area contributed by atoms with Crippen LogP contribution in [0, 0.1) is 5.92 Å². The SMILES string of the molecule is O=C(c1cccc(C2CCC2)c1)C1CCCOC1. The van der Waals surface area contributed by atoms with Gasteiger partial charge in [-0.3, -0.25) is 4.79 Å². The first-order chi connectivity index (χ1) is 8.84. The second-order valence-electron chi connectivity index (χ2n) is 5.53. The Balaban J connectivity index is 1.75. The summed E-state index contributed by atoms with van der Waals surface area (Å²) in [5, 5.41) is 0. The Morgan fingerprint density at radius 2 is 2.06 bits per heavy atom. The lowest BCUT2D eigenvalue weighted by atomic mass is 9.79. The molecule has 1 saturated heterocycles. The first kappa shape index (κ1) is 11.9. The lowest BCUT2D eigenvalue weighted by Crippen LogP contribution is -2.25. The van der Waals surface area contributed by atoms with Gasteiger partial charge >= 0.3 is 0 Å². The van der Waals surface area contributed by atoms with Gasteiger partial charge < -0.3 is 4.74 Å². The van der Waals surface area contributed by atoms with Crippen molar-refractivity contribution in [3.63, 3.8) is 0 Å². The average Bonchev–Trinajstić information content (AvgIpc) is 2.37. The Hall–Kier alpha value is -1.15. The molecule has 0 bridgehead atoms. The number of hydrogen-bond donors (Lipinski definition) is 0. The third kappa shape index (κ3) is 2.35. The van der Waals surface area contributed by atoms with E-state index in [4.69, 9.17) is 4.74 Å². The van der Waals surface area contributed by atoms with E-state index in [1.807, 2.05) is 12.1 Å². The fraction of sp³-hybridized carbons (Fsp3) is 0.562. The molecule has 1 atom stereocenters. The van der Waals surface area contributed by atoms with Crippen molar-refractivity contribution in [1.82, 2.24) is 0 Å². The Morgan fingerprint density at radius 1 is 1.17 bits per heavy atom. The minimum Gasteiger partial charge on any atom is -0.381 e. The molecule has 3 rings (SSSR count). The van der Waals surface area contributed by atoms with E-state index in [2.05, 4.69) is 12.1 Å². The van der Waals surface area contributed by atoms with Crippen LogP contribution in [0.5, 0.6) is 0 Å². The smallest absolute Gasteiger partial charge is 0.168 e. The van der Waals surface area contributed by atoms with E-state index >= 15 is 0 Å². The van der Waals surface area contributed by atoms with Crippen LogP contribution in [-0.4, -0.2) is 19.0 Å². The summed E-state index contributed by atoms with van der Waals surface area (Å²) in [7, 11) is 0. The molecule has 2 heteroatoms. The maximum atomic E-state index is 12.4. The molecular weight excluding hydrogens is 224 g/mol. The molecule has 0 N–H and O–H groups in total. The molecule has 18 heavy (non-hydrogen) atoms. The van der Waals surface area contributed by atoms with Gasteiger partial charge in [-0.2, -0.15) is 0 Å². The van der Waals surface area contributed by atoms with Crippen LogP contribution >= 0.6 is 0 Å². The summed E-state index contributed by atoms with van der Waals surface area (Å²) < 4.78 is 5.41. The van der Waals surface area contributed by atoms with Gasteiger partial charge in [0.1, 0.15) is 0 Å².